The number of rotatable bonds is 8. The molecule has 13 N–H and O–H groups in total. The second-order valence-electron chi connectivity index (χ2n) is 29.4. The third kappa shape index (κ3) is 18.3. The van der Waals surface area contributed by atoms with Crippen molar-refractivity contribution in [3.8, 4) is 6.07 Å². The van der Waals surface area contributed by atoms with Crippen LogP contribution in [-0.2, 0) is 19.1 Å². The number of carboxylic acids is 2. The van der Waals surface area contributed by atoms with Crippen LogP contribution in [0.1, 0.15) is 229 Å². The molecule has 0 aromatic heterocycles. The van der Waals surface area contributed by atoms with Gasteiger partial charge in [-0.15, -0.1) is 0 Å². The number of carbonyl (C=O) groups excluding carboxylic acids is 1. The molecule has 5 aliphatic heterocycles. The van der Waals surface area contributed by atoms with Crippen LogP contribution in [0.2, 0.25) is 0 Å². The first kappa shape index (κ1) is 73.1. The van der Waals surface area contributed by atoms with Gasteiger partial charge in [-0.1, -0.05) is 12.5 Å². The smallest absolute Gasteiger partial charge is 0.332 e. The van der Waals surface area contributed by atoms with Crippen molar-refractivity contribution in [2.45, 2.75) is 307 Å². The van der Waals surface area contributed by atoms with E-state index in [1.54, 1.807) is 55.4 Å². The van der Waals surface area contributed by atoms with Crippen LogP contribution >= 0.6 is 0 Å². The number of nitrogens with zero attached hydrogens (tertiary/aromatic N) is 6. The highest BCUT2D eigenvalue weighted by Gasteiger charge is 2.56. The number of carboxylic acid groups (broad SMARTS) is 2. The standard InChI is InChI=1S/C13H21NO5.C12H25NO3.C11H23NO2.C10H20N2O3.C10H18N2O2/c1-12(2)6-8(7-13(3,4)14(12)19)9(11(17)18)5-10(15)16;1-6-16-9-12(14)7-10(2,3)13(15)11(4,5)8-12;1-6-11(13)7-9(2,3)12(14)10(4,5)8-11;1-8(2)5-10(14,7(11)13)6-9(3,4)12(8)15;1-8(2)5-10(13,7-11)6-9(3,4)12(8)14/h19H,5-7H2,1-4H3,(H,15,16)(H,17,18);14-15H,6-9H2,1-5H3;13-14H,6-8H2,1-5H3;14-15H,5-6H2,1-4H3,(H2,11,13);13-14H,5-6H2,1-4H3. The molecule has 78 heavy (non-hydrogen) atoms. The molecule has 0 radical (unpaired) electrons. The predicted octanol–water partition coefficient (Wildman–Crippen LogP) is 7.38. The topological polar surface area (TPSA) is 349 Å². The van der Waals surface area contributed by atoms with Crippen LogP contribution in [0, 0.1) is 11.3 Å². The van der Waals surface area contributed by atoms with E-state index < -0.39 is 91.0 Å². The van der Waals surface area contributed by atoms with Crippen LogP contribution in [0.5, 0.6) is 0 Å². The lowest BCUT2D eigenvalue weighted by molar-refractivity contribution is -0.280. The summed E-state index contributed by atoms with van der Waals surface area (Å²) >= 11 is 0. The first-order valence-corrected chi connectivity index (χ1v) is 27.2. The molecule has 5 fully saturated rings. The van der Waals surface area contributed by atoms with E-state index in [2.05, 4.69) is 0 Å². The summed E-state index contributed by atoms with van der Waals surface area (Å²) < 4.78 is 5.35. The number of hydroxylamine groups is 10. The molecule has 0 saturated carbocycles. The average Bonchev–Trinajstić information content (AvgIpc) is 3.23. The number of primary amides is 1. The van der Waals surface area contributed by atoms with Crippen molar-refractivity contribution in [1.29, 1.82) is 5.26 Å². The Morgan fingerprint density at radius 3 is 1.04 bits per heavy atom. The Labute approximate surface area is 466 Å². The van der Waals surface area contributed by atoms with Gasteiger partial charge in [-0.25, -0.2) is 4.79 Å². The second kappa shape index (κ2) is 24.5. The largest absolute Gasteiger partial charge is 0.481 e. The Morgan fingerprint density at radius 1 is 0.500 bits per heavy atom. The predicted molar refractivity (Wildman–Crippen MR) is 293 cm³/mol. The highest BCUT2D eigenvalue weighted by Crippen LogP contribution is 2.47. The van der Waals surface area contributed by atoms with Crippen LogP contribution in [0.15, 0.2) is 11.1 Å². The summed E-state index contributed by atoms with van der Waals surface area (Å²) in [4.78, 5) is 33.3. The quantitative estimate of drug-likeness (QED) is 0.0833. The average molecular weight is 1120 g/mol. The number of nitrogens with two attached hydrogens (primary N) is 1. The number of aliphatic carboxylic acids is 2. The minimum absolute atomic E-state index is 0.0678. The summed E-state index contributed by atoms with van der Waals surface area (Å²) in [6.45, 7) is 42.0. The molecule has 0 aromatic rings. The van der Waals surface area contributed by atoms with Gasteiger partial charge in [0.15, 0.2) is 5.60 Å². The molecule has 22 heteroatoms. The molecule has 1 amide bonds. The van der Waals surface area contributed by atoms with E-state index in [-0.39, 0.29) is 42.3 Å². The summed E-state index contributed by atoms with van der Waals surface area (Å²) in [6.07, 6.45) is 3.98. The fraction of sp³-hybridized carbons (Fsp3) is 0.893. The summed E-state index contributed by atoms with van der Waals surface area (Å²) in [6, 6.07) is 1.93. The van der Waals surface area contributed by atoms with Crippen molar-refractivity contribution in [2.75, 3.05) is 13.2 Å². The number of carbonyl (C=O) groups is 3. The summed E-state index contributed by atoms with van der Waals surface area (Å²) in [5.74, 6) is -3.08. The molecule has 5 aliphatic rings. The Morgan fingerprint density at radius 2 is 0.782 bits per heavy atom. The zero-order valence-electron chi connectivity index (χ0n) is 51.7. The monoisotopic (exact) mass is 1120 g/mol. The van der Waals surface area contributed by atoms with Gasteiger partial charge >= 0.3 is 11.9 Å². The summed E-state index contributed by atoms with van der Waals surface area (Å²) in [5, 5.41) is 124. The molecule has 5 heterocycles. The van der Waals surface area contributed by atoms with Gasteiger partial charge in [0.05, 0.1) is 30.3 Å². The first-order chi connectivity index (χ1) is 34.4. The Balaban J connectivity index is 0.000000490. The van der Waals surface area contributed by atoms with Crippen LogP contribution < -0.4 is 5.73 Å². The normalized spacial score (nSPS) is 27.3. The van der Waals surface area contributed by atoms with E-state index in [0.717, 1.165) is 6.42 Å². The van der Waals surface area contributed by atoms with E-state index in [1.165, 1.54) is 25.3 Å². The van der Waals surface area contributed by atoms with E-state index >= 15 is 0 Å². The van der Waals surface area contributed by atoms with Crippen molar-refractivity contribution in [3.05, 3.63) is 11.1 Å². The molecule has 5 saturated heterocycles. The summed E-state index contributed by atoms with van der Waals surface area (Å²) in [5.41, 5.74) is -3.96. The van der Waals surface area contributed by atoms with Crippen LogP contribution in [0.25, 0.3) is 0 Å². The molecule has 22 nitrogen and oxygen atoms in total. The fourth-order valence-electron chi connectivity index (χ4n) is 13.9. The number of hydrogen-bond donors (Lipinski definition) is 12. The van der Waals surface area contributed by atoms with E-state index in [1.807, 2.05) is 103 Å². The van der Waals surface area contributed by atoms with Crippen LogP contribution in [0.3, 0.4) is 0 Å². The maximum Gasteiger partial charge on any atom is 0.332 e. The third-order valence-corrected chi connectivity index (χ3v) is 15.9. The lowest BCUT2D eigenvalue weighted by Gasteiger charge is -2.54. The molecule has 0 aliphatic carbocycles. The lowest BCUT2D eigenvalue weighted by Crippen LogP contribution is -2.67. The van der Waals surface area contributed by atoms with Gasteiger partial charge in [0.2, 0.25) is 5.91 Å². The third-order valence-electron chi connectivity index (χ3n) is 15.9. The minimum Gasteiger partial charge on any atom is -0.481 e. The molecule has 456 valence electrons. The van der Waals surface area contributed by atoms with E-state index in [9.17, 15) is 66.0 Å². The number of ether oxygens (including phenoxy) is 1. The number of piperidine rings is 5. The Hall–Kier alpha value is -2.96. The fourth-order valence-corrected chi connectivity index (χ4v) is 13.9. The van der Waals surface area contributed by atoms with Gasteiger partial charge in [0, 0.05) is 93.3 Å². The molecule has 0 aromatic carbocycles. The lowest BCUT2D eigenvalue weighted by atomic mass is 9.71. The van der Waals surface area contributed by atoms with Gasteiger partial charge in [-0.3, -0.25) is 9.59 Å². The van der Waals surface area contributed by atoms with Gasteiger partial charge in [-0.05, 0) is 190 Å². The van der Waals surface area contributed by atoms with Crippen molar-refractivity contribution in [1.82, 2.24) is 25.3 Å². The second-order valence-corrected chi connectivity index (χ2v) is 29.4. The molecule has 5 rings (SSSR count). The van der Waals surface area contributed by atoms with Crippen molar-refractivity contribution < 1.29 is 75.8 Å². The van der Waals surface area contributed by atoms with Crippen LogP contribution in [-0.4, -0.2) is 191 Å². The van der Waals surface area contributed by atoms with E-state index in [0.29, 0.717) is 57.3 Å². The number of hydrogen-bond acceptors (Lipinski definition) is 19. The van der Waals surface area contributed by atoms with Gasteiger partial charge in [0.25, 0.3) is 0 Å². The molecule has 0 bridgehead atoms. The van der Waals surface area contributed by atoms with Gasteiger partial charge in [-0.2, -0.15) is 30.6 Å². The highest BCUT2D eigenvalue weighted by atomic mass is 16.5. The van der Waals surface area contributed by atoms with Crippen molar-refractivity contribution >= 4 is 17.8 Å². The molecule has 0 unspecified atom stereocenters. The first-order valence-electron chi connectivity index (χ1n) is 27.2. The zero-order chi connectivity index (χ0) is 62.1. The van der Waals surface area contributed by atoms with Crippen molar-refractivity contribution in [2.24, 2.45) is 5.73 Å². The zero-order valence-corrected chi connectivity index (χ0v) is 51.7. The molecule has 0 spiro atoms. The molecule has 0 atom stereocenters. The summed E-state index contributed by atoms with van der Waals surface area (Å²) in [7, 11) is 0. The minimum atomic E-state index is -1.54. The number of aliphatic hydroxyl groups is 4. The highest BCUT2D eigenvalue weighted by molar-refractivity contribution is 5.93. The van der Waals surface area contributed by atoms with E-state index in [4.69, 9.17) is 20.8 Å². The maximum absolute atomic E-state index is 11.2. The van der Waals surface area contributed by atoms with Gasteiger partial charge in [0.1, 0.15) is 5.60 Å². The number of amides is 1. The van der Waals surface area contributed by atoms with Crippen LogP contribution in [0.4, 0.5) is 0 Å². The van der Waals surface area contributed by atoms with Crippen molar-refractivity contribution in [3.63, 3.8) is 0 Å². The molecular formula is C56H107N7O15. The maximum atomic E-state index is 11.2. The van der Waals surface area contributed by atoms with Gasteiger partial charge < -0.3 is 67.1 Å². The Bertz CT molecular complexity index is 2060. The SMILES string of the molecule is CC1(C)CC(=C(CC(=O)O)C(=O)O)CC(C)(C)N1O.CC1(C)CC(O)(C#N)CC(C)(C)N1O.CC1(C)CC(O)(C(N)=O)CC(C)(C)N1O.CCC1(O)CC(C)(C)N(O)C(C)(C)C1.CCOCC1(O)CC(C)(C)N(O)C(C)(C)C1. The molecular weight excluding hydrogens is 1010 g/mol. The number of nitriles is 1. The Kier molecular flexibility index (Phi) is 22.9.